The van der Waals surface area contributed by atoms with Crippen LogP contribution in [0.25, 0.3) is 0 Å². The van der Waals surface area contributed by atoms with E-state index in [-0.39, 0.29) is 5.92 Å². The molecule has 1 aliphatic rings. The summed E-state index contributed by atoms with van der Waals surface area (Å²) < 4.78 is 32.8. The molecule has 4 nitrogen and oxygen atoms in total. The summed E-state index contributed by atoms with van der Waals surface area (Å²) in [5, 5.41) is 0.695. The fourth-order valence-electron chi connectivity index (χ4n) is 3.23. The molecular formula is C19H22ClNO3S. The van der Waals surface area contributed by atoms with Crippen LogP contribution in [0.4, 0.5) is 0 Å². The Morgan fingerprint density at radius 3 is 2.36 bits per heavy atom. The van der Waals surface area contributed by atoms with Gasteiger partial charge >= 0.3 is 0 Å². The number of halogens is 1. The summed E-state index contributed by atoms with van der Waals surface area (Å²) in [7, 11) is -1.94. The van der Waals surface area contributed by atoms with E-state index in [4.69, 9.17) is 16.3 Å². The first-order valence-corrected chi connectivity index (χ1v) is 10.2. The van der Waals surface area contributed by atoms with E-state index >= 15 is 0 Å². The van der Waals surface area contributed by atoms with Gasteiger partial charge in [-0.25, -0.2) is 8.42 Å². The number of hydrogen-bond donors (Lipinski definition) is 0. The third-order valence-electron chi connectivity index (χ3n) is 4.67. The van der Waals surface area contributed by atoms with Crippen LogP contribution < -0.4 is 4.74 Å². The highest BCUT2D eigenvalue weighted by atomic mass is 35.5. The molecule has 1 fully saturated rings. The van der Waals surface area contributed by atoms with Crippen molar-refractivity contribution >= 4 is 21.6 Å². The lowest BCUT2D eigenvalue weighted by Gasteiger charge is -2.24. The van der Waals surface area contributed by atoms with E-state index in [2.05, 4.69) is 0 Å². The second kappa shape index (κ2) is 7.77. The molecule has 1 aliphatic heterocycles. The molecule has 0 N–H and O–H groups in total. The van der Waals surface area contributed by atoms with Crippen molar-refractivity contribution in [3.8, 4) is 5.75 Å². The van der Waals surface area contributed by atoms with Gasteiger partial charge in [0.05, 0.1) is 12.0 Å². The minimum Gasteiger partial charge on any atom is -0.497 e. The number of methoxy groups -OCH3 is 1. The number of hydrogen-bond acceptors (Lipinski definition) is 3. The van der Waals surface area contributed by atoms with Gasteiger partial charge in [0.1, 0.15) is 5.75 Å². The van der Waals surface area contributed by atoms with Gasteiger partial charge in [-0.05, 0) is 60.7 Å². The predicted octanol–water partition coefficient (Wildman–Crippen LogP) is 4.31. The van der Waals surface area contributed by atoms with Gasteiger partial charge < -0.3 is 4.74 Å². The van der Waals surface area contributed by atoms with Gasteiger partial charge in [0.15, 0.2) is 0 Å². The van der Waals surface area contributed by atoms with Crippen LogP contribution in [0.1, 0.15) is 30.7 Å². The molecule has 134 valence electrons. The molecule has 0 aliphatic carbocycles. The second-order valence-corrected chi connectivity index (χ2v) is 8.66. The monoisotopic (exact) mass is 379 g/mol. The van der Waals surface area contributed by atoms with Crippen molar-refractivity contribution in [3.05, 3.63) is 59.1 Å². The van der Waals surface area contributed by atoms with E-state index in [1.807, 2.05) is 24.3 Å². The third kappa shape index (κ3) is 4.17. The van der Waals surface area contributed by atoms with Gasteiger partial charge in [-0.2, -0.15) is 4.31 Å². The smallest absolute Gasteiger partial charge is 0.243 e. The first-order chi connectivity index (χ1) is 12.0. The van der Waals surface area contributed by atoms with E-state index in [9.17, 15) is 8.42 Å². The number of rotatable bonds is 4. The lowest BCUT2D eigenvalue weighted by molar-refractivity contribution is 0.405. The number of nitrogens with zero attached hydrogens (tertiary/aromatic N) is 1. The summed E-state index contributed by atoms with van der Waals surface area (Å²) in [4.78, 5) is 0.310. The first kappa shape index (κ1) is 18.2. The number of sulfonamides is 1. The molecule has 0 saturated carbocycles. The molecule has 1 atom stereocenters. The summed E-state index contributed by atoms with van der Waals surface area (Å²) in [6.07, 6.45) is 2.87. The summed E-state index contributed by atoms with van der Waals surface area (Å²) in [5.74, 6) is 0.835. The van der Waals surface area contributed by atoms with Crippen molar-refractivity contribution < 1.29 is 13.2 Å². The Morgan fingerprint density at radius 1 is 1.04 bits per heavy atom. The number of ether oxygens (including phenoxy) is 1. The van der Waals surface area contributed by atoms with Crippen molar-refractivity contribution in [2.45, 2.75) is 30.1 Å². The quantitative estimate of drug-likeness (QED) is 0.795. The topological polar surface area (TPSA) is 46.6 Å². The maximum atomic E-state index is 13.0. The van der Waals surface area contributed by atoms with Crippen LogP contribution in [-0.2, 0) is 10.0 Å². The van der Waals surface area contributed by atoms with Crippen molar-refractivity contribution in [2.24, 2.45) is 0 Å². The molecule has 0 radical (unpaired) electrons. The lowest BCUT2D eigenvalue weighted by atomic mass is 9.95. The highest BCUT2D eigenvalue weighted by molar-refractivity contribution is 7.89. The maximum Gasteiger partial charge on any atom is 0.243 e. The minimum atomic E-state index is -3.51. The van der Waals surface area contributed by atoms with Gasteiger partial charge in [-0.3, -0.25) is 0 Å². The van der Waals surface area contributed by atoms with Crippen molar-refractivity contribution in [1.82, 2.24) is 4.31 Å². The van der Waals surface area contributed by atoms with Gasteiger partial charge in [-0.15, -0.1) is 0 Å². The zero-order chi connectivity index (χ0) is 17.9. The fraction of sp³-hybridized carbons (Fsp3) is 0.368. The Morgan fingerprint density at radius 2 is 1.72 bits per heavy atom. The van der Waals surface area contributed by atoms with E-state index in [1.165, 1.54) is 0 Å². The van der Waals surface area contributed by atoms with E-state index in [0.29, 0.717) is 28.8 Å². The van der Waals surface area contributed by atoms with E-state index in [1.54, 1.807) is 35.7 Å². The first-order valence-electron chi connectivity index (χ1n) is 8.40. The van der Waals surface area contributed by atoms with E-state index in [0.717, 1.165) is 24.8 Å². The van der Waals surface area contributed by atoms with Crippen LogP contribution in [0.5, 0.6) is 5.75 Å². The van der Waals surface area contributed by atoms with Gasteiger partial charge in [0.2, 0.25) is 10.0 Å². The highest BCUT2D eigenvalue weighted by Gasteiger charge is 2.29. The molecule has 25 heavy (non-hydrogen) atoms. The normalized spacial score (nSPS) is 19.4. The second-order valence-electron chi connectivity index (χ2n) is 6.28. The van der Waals surface area contributed by atoms with E-state index < -0.39 is 10.0 Å². The SMILES string of the molecule is COc1ccc(S(=O)(=O)N2CCCCC(c3ccc(Cl)cc3)C2)cc1. The van der Waals surface area contributed by atoms with Gasteiger partial charge in [0.25, 0.3) is 0 Å². The van der Waals surface area contributed by atoms with Crippen LogP contribution in [0, 0.1) is 0 Å². The molecule has 1 unspecified atom stereocenters. The molecule has 0 aromatic heterocycles. The van der Waals surface area contributed by atoms with Crippen LogP contribution in [-0.4, -0.2) is 32.9 Å². The summed E-state index contributed by atoms with van der Waals surface area (Å²) in [5.41, 5.74) is 1.14. The zero-order valence-electron chi connectivity index (χ0n) is 14.2. The molecule has 0 bridgehead atoms. The maximum absolute atomic E-state index is 13.0. The van der Waals surface area contributed by atoms with Crippen LogP contribution in [0.3, 0.4) is 0 Å². The standard InChI is InChI=1S/C19H22ClNO3S/c1-24-18-9-11-19(12-10-18)25(22,23)21-13-3-2-4-16(14-21)15-5-7-17(20)8-6-15/h5-12,16H,2-4,13-14H2,1H3. The largest absolute Gasteiger partial charge is 0.497 e. The lowest BCUT2D eigenvalue weighted by Crippen LogP contribution is -2.34. The molecule has 2 aromatic rings. The third-order valence-corrected chi connectivity index (χ3v) is 6.80. The Kier molecular flexibility index (Phi) is 5.67. The predicted molar refractivity (Wildman–Crippen MR) is 99.8 cm³/mol. The minimum absolute atomic E-state index is 0.188. The average molecular weight is 380 g/mol. The van der Waals surface area contributed by atoms with Crippen molar-refractivity contribution in [1.29, 1.82) is 0 Å². The molecule has 2 aromatic carbocycles. The average Bonchev–Trinajstić information content (AvgIpc) is 2.89. The molecular weight excluding hydrogens is 358 g/mol. The molecule has 6 heteroatoms. The summed E-state index contributed by atoms with van der Waals surface area (Å²) >= 11 is 5.97. The Bertz CT molecular complexity index is 804. The Labute approximate surface area is 154 Å². The summed E-state index contributed by atoms with van der Waals surface area (Å²) in [6, 6.07) is 14.3. The fourth-order valence-corrected chi connectivity index (χ4v) is 4.88. The molecule has 3 rings (SSSR count). The van der Waals surface area contributed by atoms with Gasteiger partial charge in [-0.1, -0.05) is 30.2 Å². The Hall–Kier alpha value is -1.56. The molecule has 0 amide bonds. The van der Waals surface area contributed by atoms with Crippen LogP contribution in [0.2, 0.25) is 5.02 Å². The molecule has 1 heterocycles. The van der Waals surface area contributed by atoms with Crippen LogP contribution in [0.15, 0.2) is 53.4 Å². The highest BCUT2D eigenvalue weighted by Crippen LogP contribution is 2.30. The molecule has 1 saturated heterocycles. The molecule has 0 spiro atoms. The van der Waals surface area contributed by atoms with Crippen LogP contribution >= 0.6 is 11.6 Å². The zero-order valence-corrected chi connectivity index (χ0v) is 15.8. The van der Waals surface area contributed by atoms with Gasteiger partial charge in [0, 0.05) is 18.1 Å². The van der Waals surface area contributed by atoms with Crippen molar-refractivity contribution in [3.63, 3.8) is 0 Å². The number of benzene rings is 2. The van der Waals surface area contributed by atoms with Crippen molar-refractivity contribution in [2.75, 3.05) is 20.2 Å². The summed E-state index contributed by atoms with van der Waals surface area (Å²) in [6.45, 7) is 1.05. The Balaban J connectivity index is 1.85.